The van der Waals surface area contributed by atoms with Crippen molar-refractivity contribution in [2.24, 2.45) is 0 Å². The van der Waals surface area contributed by atoms with E-state index in [-0.39, 0.29) is 73.8 Å². The Morgan fingerprint density at radius 3 is 2.42 bits per heavy atom. The number of benzene rings is 2. The number of aromatic nitrogens is 1. The summed E-state index contributed by atoms with van der Waals surface area (Å²) in [5.74, 6) is -0.364. The second kappa shape index (κ2) is 15.0. The molecule has 2 fully saturated rings. The Hall–Kier alpha value is -3.57. The third-order valence-electron chi connectivity index (χ3n) is 9.47. The van der Waals surface area contributed by atoms with Gasteiger partial charge in [0, 0.05) is 25.8 Å². The smallest absolute Gasteiger partial charge is 0.410 e. The van der Waals surface area contributed by atoms with Crippen LogP contribution in [0.5, 0.6) is 5.75 Å². The minimum atomic E-state index is -4.24. The Bertz CT molecular complexity index is 2070. The molecule has 1 amide bonds. The summed E-state index contributed by atoms with van der Waals surface area (Å²) in [6, 6.07) is 9.52. The van der Waals surface area contributed by atoms with E-state index in [0.717, 1.165) is 0 Å². The fourth-order valence-corrected chi connectivity index (χ4v) is 9.28. The Labute approximate surface area is 304 Å². The molecular weight excluding hydrogens is 718 g/mol. The molecule has 13 nitrogen and oxygen atoms in total. The van der Waals surface area contributed by atoms with Crippen molar-refractivity contribution in [3.05, 3.63) is 64.7 Å². The number of aryl methyl sites for hydroxylation is 1. The van der Waals surface area contributed by atoms with Crippen molar-refractivity contribution < 1.29 is 45.3 Å². The number of aliphatic hydroxyl groups is 1. The number of sulfone groups is 1. The molecule has 0 saturated carbocycles. The molecule has 52 heavy (non-hydrogen) atoms. The number of aliphatic hydroxyl groups excluding tert-OH is 1. The number of sulfonamides is 1. The molecule has 16 heteroatoms. The van der Waals surface area contributed by atoms with Gasteiger partial charge >= 0.3 is 6.09 Å². The van der Waals surface area contributed by atoms with Crippen molar-refractivity contribution in [3.8, 4) is 5.75 Å². The maximum atomic E-state index is 14.6. The highest BCUT2D eigenvalue weighted by molar-refractivity contribution is 7.92. The number of amides is 1. The normalized spacial score (nSPS) is 18.9. The third-order valence-corrected chi connectivity index (χ3v) is 13.5. The number of hydrogen-bond donors (Lipinski definition) is 1. The molecular formula is C36H48FN3O10S2. The molecule has 2 aliphatic heterocycles. The van der Waals surface area contributed by atoms with Gasteiger partial charge in [-0.15, -0.1) is 0 Å². The average Bonchev–Trinajstić information content (AvgIpc) is 3.48. The summed E-state index contributed by atoms with van der Waals surface area (Å²) in [5.41, 5.74) is -2.31. The predicted molar refractivity (Wildman–Crippen MR) is 192 cm³/mol. The van der Waals surface area contributed by atoms with E-state index in [9.17, 15) is 35.9 Å². The molecule has 0 radical (unpaired) electrons. The van der Waals surface area contributed by atoms with Crippen molar-refractivity contribution in [2.75, 3.05) is 32.8 Å². The summed E-state index contributed by atoms with van der Waals surface area (Å²) < 4.78 is 87.9. The number of hydrogen-bond acceptors (Lipinski definition) is 10. The fraction of sp³-hybridized carbons (Fsp3) is 0.556. The second-order valence-electron chi connectivity index (χ2n) is 14.7. The van der Waals surface area contributed by atoms with Gasteiger partial charge in [-0.05, 0) is 91.1 Å². The van der Waals surface area contributed by atoms with Gasteiger partial charge in [-0.3, -0.25) is 4.79 Å². The molecule has 2 aromatic carbocycles. The zero-order chi connectivity index (χ0) is 38.2. The molecule has 0 unspecified atom stereocenters. The summed E-state index contributed by atoms with van der Waals surface area (Å²) in [6.45, 7) is 10.1. The average molecular weight is 766 g/mol. The molecule has 1 aromatic heterocycles. The lowest BCUT2D eigenvalue weighted by Crippen LogP contribution is -2.50. The van der Waals surface area contributed by atoms with Gasteiger partial charge in [0.25, 0.3) is 0 Å². The Morgan fingerprint density at radius 2 is 1.79 bits per heavy atom. The Balaban J connectivity index is 1.28. The van der Waals surface area contributed by atoms with Crippen LogP contribution in [0.1, 0.15) is 60.8 Å². The lowest BCUT2D eigenvalue weighted by Gasteiger charge is -2.38. The van der Waals surface area contributed by atoms with E-state index < -0.39 is 70.7 Å². The van der Waals surface area contributed by atoms with Gasteiger partial charge in [0.1, 0.15) is 34.8 Å². The van der Waals surface area contributed by atoms with Crippen LogP contribution in [0.3, 0.4) is 0 Å². The zero-order valence-corrected chi connectivity index (χ0v) is 32.0. The highest BCUT2D eigenvalue weighted by Crippen LogP contribution is 2.39. The topological polar surface area (TPSA) is 162 Å². The van der Waals surface area contributed by atoms with Crippen molar-refractivity contribution in [1.82, 2.24) is 13.8 Å². The van der Waals surface area contributed by atoms with E-state index in [2.05, 4.69) is 0 Å². The number of piperidine rings is 1. The number of ether oxygens (including phenoxy) is 3. The van der Waals surface area contributed by atoms with Gasteiger partial charge in [-0.25, -0.2) is 26.0 Å². The molecule has 5 rings (SSSR count). The molecule has 286 valence electrons. The van der Waals surface area contributed by atoms with E-state index in [1.54, 1.807) is 53.7 Å². The summed E-state index contributed by atoms with van der Waals surface area (Å²) in [6.07, 6.45) is 0.284. The lowest BCUT2D eigenvalue weighted by molar-refractivity contribution is -0.0329. The number of fused-ring (bicyclic) bond motifs is 1. The summed E-state index contributed by atoms with van der Waals surface area (Å²) in [7, 11) is -7.78. The van der Waals surface area contributed by atoms with Gasteiger partial charge in [0.15, 0.2) is 9.84 Å². The maximum Gasteiger partial charge on any atom is 0.410 e. The molecule has 1 N–H and O–H groups in total. The minimum absolute atomic E-state index is 0.0132. The first kappa shape index (κ1) is 39.6. The van der Waals surface area contributed by atoms with Crippen LogP contribution in [-0.4, -0.2) is 103 Å². The van der Waals surface area contributed by atoms with Gasteiger partial charge in [0.2, 0.25) is 15.5 Å². The quantitative estimate of drug-likeness (QED) is 0.298. The van der Waals surface area contributed by atoms with Gasteiger partial charge in [0.05, 0.1) is 45.8 Å². The van der Waals surface area contributed by atoms with Gasteiger partial charge in [-0.1, -0.05) is 12.1 Å². The highest BCUT2D eigenvalue weighted by atomic mass is 32.2. The maximum absolute atomic E-state index is 14.6. The number of para-hydroxylation sites is 1. The molecule has 2 atom stereocenters. The minimum Gasteiger partial charge on any atom is -0.491 e. The van der Waals surface area contributed by atoms with Crippen LogP contribution in [0.2, 0.25) is 0 Å². The van der Waals surface area contributed by atoms with Gasteiger partial charge < -0.3 is 28.8 Å². The lowest BCUT2D eigenvalue weighted by atomic mass is 9.88. The number of pyridine rings is 1. The van der Waals surface area contributed by atoms with Crippen LogP contribution in [0.4, 0.5) is 9.18 Å². The predicted octanol–water partition coefficient (Wildman–Crippen LogP) is 4.33. The summed E-state index contributed by atoms with van der Waals surface area (Å²) in [4.78, 5) is 27.9. The van der Waals surface area contributed by atoms with Crippen LogP contribution >= 0.6 is 0 Å². The van der Waals surface area contributed by atoms with Gasteiger partial charge in [-0.2, -0.15) is 4.31 Å². The molecule has 3 heterocycles. The van der Waals surface area contributed by atoms with Crippen LogP contribution in [0.15, 0.2) is 63.2 Å². The standard InChI is InChI=1S/C36H48FN3O10S2/c1-7-38-21-31(33(42)29-12-9-13-30(37)32(29)38)52(46,47)39-16-14-36(15-17-39)19-25(22-49-36)40(34(43)50-35(4,5)6)20-26(41)23-48-27-10-8-11-28(18-27)51(44,45)24(2)3/h8-13,18,21,24-26,41H,7,14-17,19-20,22-23H2,1-6H3/t25-,26+/m1/s1. The first-order chi connectivity index (χ1) is 24.3. The van der Waals surface area contributed by atoms with Crippen LogP contribution in [0, 0.1) is 5.82 Å². The van der Waals surface area contributed by atoms with E-state index in [0.29, 0.717) is 6.42 Å². The van der Waals surface area contributed by atoms with Crippen LogP contribution < -0.4 is 10.2 Å². The molecule has 0 aliphatic carbocycles. The molecule has 0 bridgehead atoms. The molecule has 2 aliphatic rings. The van der Waals surface area contributed by atoms with Crippen LogP contribution in [0.25, 0.3) is 10.9 Å². The van der Waals surface area contributed by atoms with E-state index >= 15 is 0 Å². The van der Waals surface area contributed by atoms with Crippen molar-refractivity contribution in [3.63, 3.8) is 0 Å². The van der Waals surface area contributed by atoms with E-state index in [1.165, 1.54) is 50.3 Å². The molecule has 2 saturated heterocycles. The first-order valence-corrected chi connectivity index (χ1v) is 20.4. The third kappa shape index (κ3) is 8.30. The Morgan fingerprint density at radius 1 is 1.12 bits per heavy atom. The largest absolute Gasteiger partial charge is 0.491 e. The number of carbonyl (C=O) groups excluding carboxylic acids is 1. The number of nitrogens with zero attached hydrogens (tertiary/aromatic N) is 3. The van der Waals surface area contributed by atoms with Crippen molar-refractivity contribution >= 4 is 36.9 Å². The fourth-order valence-electron chi connectivity index (χ4n) is 6.64. The first-order valence-electron chi connectivity index (χ1n) is 17.4. The number of halogens is 1. The molecule has 1 spiro atoms. The van der Waals surface area contributed by atoms with Crippen molar-refractivity contribution in [1.29, 1.82) is 0 Å². The molecule has 3 aromatic rings. The van der Waals surface area contributed by atoms with E-state index in [4.69, 9.17) is 14.2 Å². The SMILES string of the molecule is CCn1cc(S(=O)(=O)N2CCC3(CC2)C[C@@H](N(C[C@H](O)COc2cccc(S(=O)(=O)C(C)C)c2)C(=O)OC(C)(C)C)CO3)c(=O)c2cccc(F)c21. The van der Waals surface area contributed by atoms with Crippen molar-refractivity contribution in [2.45, 2.75) is 106 Å². The van der Waals surface area contributed by atoms with E-state index in [1.807, 2.05) is 0 Å². The number of rotatable bonds is 11. The van der Waals surface area contributed by atoms with Crippen LogP contribution in [-0.2, 0) is 35.9 Å². The zero-order valence-electron chi connectivity index (χ0n) is 30.4. The highest BCUT2D eigenvalue weighted by Gasteiger charge is 2.48. The summed E-state index contributed by atoms with van der Waals surface area (Å²) >= 11 is 0. The number of carbonyl (C=O) groups is 1. The Kier molecular flexibility index (Phi) is 11.5. The summed E-state index contributed by atoms with van der Waals surface area (Å²) in [5, 5.41) is 10.4. The monoisotopic (exact) mass is 765 g/mol. The second-order valence-corrected chi connectivity index (χ2v) is 19.1.